The van der Waals surface area contributed by atoms with Gasteiger partial charge < -0.3 is 30.3 Å². The molecule has 1 saturated heterocycles. The largest absolute Gasteiger partial charge is 0.457 e. The molecule has 2 heterocycles. The zero-order valence-electron chi connectivity index (χ0n) is 27.2. The second kappa shape index (κ2) is 15.7. The number of piperidine rings is 1. The summed E-state index contributed by atoms with van der Waals surface area (Å²) in [5, 5.41) is 11.2. The number of ether oxygens (including phenoxy) is 2. The zero-order chi connectivity index (χ0) is 34.9. The van der Waals surface area contributed by atoms with E-state index in [1.54, 1.807) is 16.8 Å². The van der Waals surface area contributed by atoms with Crippen LogP contribution in [-0.4, -0.2) is 69.5 Å². The Morgan fingerprint density at radius 2 is 1.55 bits per heavy atom. The van der Waals surface area contributed by atoms with E-state index in [0.29, 0.717) is 6.54 Å². The SMILES string of the molecule is C=CC(=O)N1CCC[C@@H](N(C)c2nnc(C(N)=O)c(Nc3ccc(C(=O)OCc4ccccc4)c(C(=O)OCc4ccccc4)c3)n2)[C@H]1C. The summed E-state index contributed by atoms with van der Waals surface area (Å²) in [6.07, 6.45) is 2.82. The van der Waals surface area contributed by atoms with Crippen LogP contribution in [0.2, 0.25) is 0 Å². The number of rotatable bonds is 12. The first-order valence-corrected chi connectivity index (χ1v) is 15.7. The smallest absolute Gasteiger partial charge is 0.339 e. The van der Waals surface area contributed by atoms with Crippen LogP contribution in [0.4, 0.5) is 17.5 Å². The van der Waals surface area contributed by atoms with Gasteiger partial charge in [-0.1, -0.05) is 67.2 Å². The van der Waals surface area contributed by atoms with Crippen LogP contribution in [0.15, 0.2) is 91.5 Å². The highest BCUT2D eigenvalue weighted by molar-refractivity contribution is 6.04. The number of anilines is 3. The Morgan fingerprint density at radius 1 is 0.939 bits per heavy atom. The van der Waals surface area contributed by atoms with Crippen molar-refractivity contribution < 1.29 is 28.7 Å². The fourth-order valence-electron chi connectivity index (χ4n) is 5.64. The average molecular weight is 664 g/mol. The van der Waals surface area contributed by atoms with Crippen LogP contribution in [0.5, 0.6) is 0 Å². The van der Waals surface area contributed by atoms with Gasteiger partial charge in [-0.05, 0) is 55.2 Å². The number of likely N-dealkylation sites (N-methyl/N-ethyl adjacent to an activating group) is 1. The van der Waals surface area contributed by atoms with Crippen molar-refractivity contribution in [2.24, 2.45) is 5.73 Å². The van der Waals surface area contributed by atoms with Gasteiger partial charge in [0, 0.05) is 25.3 Å². The van der Waals surface area contributed by atoms with Crippen molar-refractivity contribution in [3.05, 3.63) is 119 Å². The molecule has 1 aliphatic heterocycles. The van der Waals surface area contributed by atoms with E-state index in [0.717, 1.165) is 24.0 Å². The van der Waals surface area contributed by atoms with Gasteiger partial charge in [0.1, 0.15) is 13.2 Å². The molecule has 49 heavy (non-hydrogen) atoms. The van der Waals surface area contributed by atoms with Crippen molar-refractivity contribution in [3.63, 3.8) is 0 Å². The summed E-state index contributed by atoms with van der Waals surface area (Å²) in [5.41, 5.74) is 7.13. The number of benzene rings is 3. The predicted octanol–water partition coefficient (Wildman–Crippen LogP) is 4.43. The summed E-state index contributed by atoms with van der Waals surface area (Å²) in [7, 11) is 1.78. The number of hydrogen-bond acceptors (Lipinski definition) is 11. The van der Waals surface area contributed by atoms with Gasteiger partial charge in [-0.2, -0.15) is 4.98 Å². The normalized spacial score (nSPS) is 15.5. The van der Waals surface area contributed by atoms with Gasteiger partial charge in [0.25, 0.3) is 5.91 Å². The van der Waals surface area contributed by atoms with Crippen LogP contribution >= 0.6 is 0 Å². The number of carbonyl (C=O) groups is 4. The molecule has 5 rings (SSSR count). The molecular formula is C36H37N7O6. The highest BCUT2D eigenvalue weighted by Crippen LogP contribution is 2.27. The maximum atomic E-state index is 13.4. The molecule has 0 radical (unpaired) electrons. The number of nitrogens with zero attached hydrogens (tertiary/aromatic N) is 5. The van der Waals surface area contributed by atoms with Crippen LogP contribution in [0.1, 0.15) is 62.1 Å². The lowest BCUT2D eigenvalue weighted by atomic mass is 9.96. The first-order valence-electron chi connectivity index (χ1n) is 15.7. The molecular weight excluding hydrogens is 626 g/mol. The molecule has 1 fully saturated rings. The summed E-state index contributed by atoms with van der Waals surface area (Å²) in [6, 6.07) is 22.3. The van der Waals surface area contributed by atoms with Crippen LogP contribution < -0.4 is 16.0 Å². The molecule has 3 N–H and O–H groups in total. The van der Waals surface area contributed by atoms with Crippen molar-refractivity contribution in [1.82, 2.24) is 20.1 Å². The quantitative estimate of drug-likeness (QED) is 0.162. The van der Waals surface area contributed by atoms with Crippen LogP contribution in [0.3, 0.4) is 0 Å². The highest BCUT2D eigenvalue weighted by atomic mass is 16.5. The summed E-state index contributed by atoms with van der Waals surface area (Å²) < 4.78 is 11.1. The number of nitrogens with one attached hydrogen (secondary N) is 1. The Hall–Kier alpha value is -6.11. The lowest BCUT2D eigenvalue weighted by Crippen LogP contribution is -2.55. The van der Waals surface area contributed by atoms with Crippen LogP contribution in [0.25, 0.3) is 0 Å². The molecule has 0 aliphatic carbocycles. The third kappa shape index (κ3) is 8.25. The molecule has 1 aliphatic rings. The Balaban J connectivity index is 1.43. The van der Waals surface area contributed by atoms with Crippen LogP contribution in [0, 0.1) is 0 Å². The molecule has 2 atom stereocenters. The van der Waals surface area contributed by atoms with E-state index in [4.69, 9.17) is 15.2 Å². The molecule has 13 heteroatoms. The second-order valence-corrected chi connectivity index (χ2v) is 11.5. The zero-order valence-corrected chi connectivity index (χ0v) is 27.2. The average Bonchev–Trinajstić information content (AvgIpc) is 3.13. The molecule has 0 saturated carbocycles. The van der Waals surface area contributed by atoms with Crippen molar-refractivity contribution in [2.45, 2.75) is 45.1 Å². The number of hydrogen-bond donors (Lipinski definition) is 2. The minimum Gasteiger partial charge on any atom is -0.457 e. The number of primary amides is 1. The first-order chi connectivity index (χ1) is 23.7. The summed E-state index contributed by atoms with van der Waals surface area (Å²) in [6.45, 7) is 6.13. The van der Waals surface area contributed by atoms with E-state index in [2.05, 4.69) is 27.1 Å². The van der Waals surface area contributed by atoms with Gasteiger partial charge in [0.2, 0.25) is 11.9 Å². The van der Waals surface area contributed by atoms with Gasteiger partial charge >= 0.3 is 11.9 Å². The predicted molar refractivity (Wildman–Crippen MR) is 182 cm³/mol. The molecule has 0 bridgehead atoms. The Labute approximate surface area is 283 Å². The molecule has 2 amide bonds. The van der Waals surface area contributed by atoms with E-state index in [1.165, 1.54) is 24.3 Å². The number of aromatic nitrogens is 3. The van der Waals surface area contributed by atoms with Gasteiger partial charge in [0.15, 0.2) is 11.5 Å². The molecule has 1 aromatic heterocycles. The van der Waals surface area contributed by atoms with Crippen molar-refractivity contribution >= 4 is 41.2 Å². The Kier molecular flexibility index (Phi) is 10.9. The fraction of sp³-hybridized carbons (Fsp3) is 0.250. The highest BCUT2D eigenvalue weighted by Gasteiger charge is 2.34. The summed E-state index contributed by atoms with van der Waals surface area (Å²) in [5.74, 6) is -2.37. The van der Waals surface area contributed by atoms with Gasteiger partial charge in [-0.3, -0.25) is 9.59 Å². The van der Waals surface area contributed by atoms with Gasteiger partial charge in [-0.15, -0.1) is 10.2 Å². The monoisotopic (exact) mass is 663 g/mol. The van der Waals surface area contributed by atoms with Crippen LogP contribution in [-0.2, 0) is 27.5 Å². The Bertz CT molecular complexity index is 1840. The topological polar surface area (TPSA) is 170 Å². The number of nitrogens with two attached hydrogens (primary N) is 1. The van der Waals surface area contributed by atoms with E-state index >= 15 is 0 Å². The van der Waals surface area contributed by atoms with Gasteiger partial charge in [0.05, 0.1) is 17.2 Å². The van der Waals surface area contributed by atoms with E-state index in [-0.39, 0.29) is 65.5 Å². The number of amides is 2. The molecule has 0 spiro atoms. The fourth-order valence-corrected chi connectivity index (χ4v) is 5.64. The Morgan fingerprint density at radius 3 is 2.14 bits per heavy atom. The van der Waals surface area contributed by atoms with E-state index < -0.39 is 17.8 Å². The van der Waals surface area contributed by atoms with Crippen molar-refractivity contribution in [3.8, 4) is 0 Å². The maximum Gasteiger partial charge on any atom is 0.339 e. The van der Waals surface area contributed by atoms with E-state index in [1.807, 2.05) is 67.6 Å². The minimum absolute atomic E-state index is 0.00215. The second-order valence-electron chi connectivity index (χ2n) is 11.5. The molecule has 0 unspecified atom stereocenters. The molecule has 4 aromatic rings. The summed E-state index contributed by atoms with van der Waals surface area (Å²) in [4.78, 5) is 59.6. The maximum absolute atomic E-state index is 13.4. The lowest BCUT2D eigenvalue weighted by Gasteiger charge is -2.42. The first kappa shape index (κ1) is 34.2. The minimum atomic E-state index is -0.880. The third-order valence-corrected chi connectivity index (χ3v) is 8.27. The third-order valence-electron chi connectivity index (χ3n) is 8.27. The lowest BCUT2D eigenvalue weighted by molar-refractivity contribution is -0.129. The molecule has 13 nitrogen and oxygen atoms in total. The number of likely N-dealkylation sites (tertiary alicyclic amines) is 1. The number of carbonyl (C=O) groups excluding carboxylic acids is 4. The van der Waals surface area contributed by atoms with Crippen molar-refractivity contribution in [2.75, 3.05) is 23.8 Å². The van der Waals surface area contributed by atoms with E-state index in [9.17, 15) is 19.2 Å². The van der Waals surface area contributed by atoms with Gasteiger partial charge in [-0.25, -0.2) is 9.59 Å². The summed E-state index contributed by atoms with van der Waals surface area (Å²) >= 11 is 0. The number of esters is 2. The van der Waals surface area contributed by atoms with Crippen molar-refractivity contribution in [1.29, 1.82) is 0 Å². The molecule has 3 aromatic carbocycles. The molecule has 252 valence electrons. The standard InChI is InChI=1S/C36H37N7O6/c1-4-30(44)43-19-11-16-29(23(43)2)42(3)36-39-33(31(32(37)45)40-41-36)38-26-17-18-27(34(46)48-21-24-12-7-5-8-13-24)28(20-26)35(47)49-22-25-14-9-6-10-15-25/h4-10,12-15,17-18,20,23,29H,1,11,16,19,21-22H2,2-3H3,(H2,37,45)(H,38,39,41)/t23-,29-/m1/s1.